The van der Waals surface area contributed by atoms with Gasteiger partial charge in [-0.25, -0.2) is 0 Å². The molecule has 0 aromatic rings. The summed E-state index contributed by atoms with van der Waals surface area (Å²) in [5.74, 6) is 0.0760. The van der Waals surface area contributed by atoms with Crippen LogP contribution in [0.1, 0.15) is 34.6 Å². The molecule has 0 saturated carbocycles. The van der Waals surface area contributed by atoms with Crippen LogP contribution in [0.25, 0.3) is 0 Å². The van der Waals surface area contributed by atoms with Crippen molar-refractivity contribution in [2.45, 2.75) is 40.7 Å². The quantitative estimate of drug-likeness (QED) is 0.709. The Morgan fingerprint density at radius 1 is 1.38 bits per heavy atom. The Bertz CT molecular complexity index is 211. The molecule has 0 heterocycles. The zero-order valence-electron chi connectivity index (χ0n) is 11.3. The highest BCUT2D eigenvalue weighted by Gasteiger charge is 2.29. The number of nitrogens with one attached hydrogen (secondary N) is 1. The average molecular weight is 229 g/mol. The predicted molar refractivity (Wildman–Crippen MR) is 68.2 cm³/mol. The number of nitrogens with two attached hydrogens (primary N) is 1. The number of likely N-dealkylation sites (N-methyl/N-ethyl adjacent to an activating group) is 2. The minimum absolute atomic E-state index is 0.0760. The summed E-state index contributed by atoms with van der Waals surface area (Å²) in [7, 11) is 0. The van der Waals surface area contributed by atoms with Crippen molar-refractivity contribution in [1.82, 2.24) is 10.2 Å². The monoisotopic (exact) mass is 229 g/mol. The average Bonchev–Trinajstić information content (AvgIpc) is 2.15. The van der Waals surface area contributed by atoms with Crippen molar-refractivity contribution in [2.75, 3.05) is 26.2 Å². The van der Waals surface area contributed by atoms with Gasteiger partial charge in [-0.2, -0.15) is 0 Å². The molecular weight excluding hydrogens is 202 g/mol. The van der Waals surface area contributed by atoms with Crippen LogP contribution < -0.4 is 11.1 Å². The van der Waals surface area contributed by atoms with Gasteiger partial charge in [0.1, 0.15) is 0 Å². The minimum Gasteiger partial charge on any atom is -0.355 e. The molecule has 0 aromatic heterocycles. The number of carbonyl (C=O) groups excluding carboxylic acids is 1. The van der Waals surface area contributed by atoms with E-state index in [1.165, 1.54) is 0 Å². The van der Waals surface area contributed by atoms with Gasteiger partial charge in [0.15, 0.2) is 0 Å². The molecule has 3 N–H and O–H groups in total. The first-order valence-electron chi connectivity index (χ1n) is 6.07. The molecule has 0 rings (SSSR count). The number of nitrogens with zero attached hydrogens (tertiary/aromatic N) is 1. The second-order valence-electron chi connectivity index (χ2n) is 5.13. The molecule has 0 aliphatic rings. The van der Waals surface area contributed by atoms with E-state index in [4.69, 9.17) is 5.73 Å². The van der Waals surface area contributed by atoms with Gasteiger partial charge >= 0.3 is 0 Å². The number of amides is 1. The highest BCUT2D eigenvalue weighted by atomic mass is 16.2. The van der Waals surface area contributed by atoms with Crippen molar-refractivity contribution in [3.8, 4) is 0 Å². The zero-order valence-corrected chi connectivity index (χ0v) is 11.3. The largest absolute Gasteiger partial charge is 0.355 e. The second-order valence-corrected chi connectivity index (χ2v) is 5.13. The van der Waals surface area contributed by atoms with Gasteiger partial charge in [-0.05, 0) is 18.9 Å². The fourth-order valence-electron chi connectivity index (χ4n) is 1.93. The maximum atomic E-state index is 11.6. The van der Waals surface area contributed by atoms with Crippen molar-refractivity contribution >= 4 is 5.91 Å². The van der Waals surface area contributed by atoms with Crippen molar-refractivity contribution in [1.29, 1.82) is 0 Å². The Labute approximate surface area is 99.6 Å². The molecular formula is C12H27N3O. The van der Waals surface area contributed by atoms with E-state index in [-0.39, 0.29) is 17.4 Å². The smallest absolute Gasteiger partial charge is 0.234 e. The van der Waals surface area contributed by atoms with E-state index in [2.05, 4.69) is 37.9 Å². The molecule has 4 heteroatoms. The highest BCUT2D eigenvalue weighted by Crippen LogP contribution is 2.23. The molecule has 0 spiro atoms. The summed E-state index contributed by atoms with van der Waals surface area (Å²) in [6.45, 7) is 13.0. The molecule has 0 aliphatic carbocycles. The van der Waals surface area contributed by atoms with Crippen LogP contribution in [0.4, 0.5) is 0 Å². The Morgan fingerprint density at radius 3 is 2.25 bits per heavy atom. The standard InChI is InChI=1S/C12H27N3O/c1-6-14-11(16)9-15(7-2)10(8-13)12(3,4)5/h10H,6-9,13H2,1-5H3,(H,14,16). The van der Waals surface area contributed by atoms with Crippen molar-refractivity contribution in [2.24, 2.45) is 11.1 Å². The lowest BCUT2D eigenvalue weighted by Gasteiger charge is -2.38. The summed E-state index contributed by atoms with van der Waals surface area (Å²) in [4.78, 5) is 13.7. The molecule has 1 atom stereocenters. The number of hydrogen-bond donors (Lipinski definition) is 2. The Hall–Kier alpha value is -0.610. The van der Waals surface area contributed by atoms with Gasteiger partial charge < -0.3 is 11.1 Å². The van der Waals surface area contributed by atoms with Gasteiger partial charge in [0.2, 0.25) is 5.91 Å². The topological polar surface area (TPSA) is 58.4 Å². The molecule has 0 radical (unpaired) electrons. The number of hydrogen-bond acceptors (Lipinski definition) is 3. The van der Waals surface area contributed by atoms with Crippen LogP contribution >= 0.6 is 0 Å². The third kappa shape index (κ3) is 4.94. The first-order chi connectivity index (χ1) is 7.36. The van der Waals surface area contributed by atoms with Gasteiger partial charge in [0.25, 0.3) is 0 Å². The second kappa shape index (κ2) is 6.86. The van der Waals surface area contributed by atoms with Crippen LogP contribution in [-0.2, 0) is 4.79 Å². The fourth-order valence-corrected chi connectivity index (χ4v) is 1.93. The molecule has 0 aliphatic heterocycles. The zero-order chi connectivity index (χ0) is 12.8. The molecule has 4 nitrogen and oxygen atoms in total. The van der Waals surface area contributed by atoms with Crippen LogP contribution in [0.2, 0.25) is 0 Å². The van der Waals surface area contributed by atoms with E-state index in [9.17, 15) is 4.79 Å². The molecule has 0 saturated heterocycles. The summed E-state index contributed by atoms with van der Waals surface area (Å²) < 4.78 is 0. The van der Waals surface area contributed by atoms with E-state index in [1.54, 1.807) is 0 Å². The molecule has 0 bridgehead atoms. The summed E-state index contributed by atoms with van der Waals surface area (Å²) in [6.07, 6.45) is 0. The number of carbonyl (C=O) groups is 1. The van der Waals surface area contributed by atoms with Gasteiger partial charge in [0, 0.05) is 19.1 Å². The minimum atomic E-state index is 0.0760. The summed E-state index contributed by atoms with van der Waals surface area (Å²) in [5, 5.41) is 2.82. The lowest BCUT2D eigenvalue weighted by molar-refractivity contribution is -0.123. The molecule has 1 amide bonds. The van der Waals surface area contributed by atoms with E-state index >= 15 is 0 Å². The Kier molecular flexibility index (Phi) is 6.60. The van der Waals surface area contributed by atoms with Crippen LogP contribution in [-0.4, -0.2) is 43.0 Å². The van der Waals surface area contributed by atoms with Gasteiger partial charge in [-0.15, -0.1) is 0 Å². The van der Waals surface area contributed by atoms with Crippen molar-refractivity contribution < 1.29 is 4.79 Å². The van der Waals surface area contributed by atoms with Crippen LogP contribution in [0.5, 0.6) is 0 Å². The Balaban J connectivity index is 4.51. The summed E-state index contributed by atoms with van der Waals surface area (Å²) >= 11 is 0. The molecule has 96 valence electrons. The predicted octanol–water partition coefficient (Wildman–Crippen LogP) is 0.818. The molecule has 0 aromatic carbocycles. The van der Waals surface area contributed by atoms with Crippen molar-refractivity contribution in [3.05, 3.63) is 0 Å². The van der Waals surface area contributed by atoms with Crippen LogP contribution in [0.15, 0.2) is 0 Å². The normalized spacial score (nSPS) is 13.9. The first-order valence-corrected chi connectivity index (χ1v) is 6.07. The third-order valence-corrected chi connectivity index (χ3v) is 2.79. The van der Waals surface area contributed by atoms with Gasteiger partial charge in [-0.3, -0.25) is 9.69 Å². The highest BCUT2D eigenvalue weighted by molar-refractivity contribution is 5.77. The summed E-state index contributed by atoms with van der Waals surface area (Å²) in [5.41, 5.74) is 5.91. The Morgan fingerprint density at radius 2 is 1.94 bits per heavy atom. The van der Waals surface area contributed by atoms with E-state index < -0.39 is 0 Å². The fraction of sp³-hybridized carbons (Fsp3) is 0.917. The van der Waals surface area contributed by atoms with E-state index in [1.807, 2.05) is 6.92 Å². The maximum Gasteiger partial charge on any atom is 0.234 e. The van der Waals surface area contributed by atoms with Gasteiger partial charge in [0.05, 0.1) is 6.54 Å². The van der Waals surface area contributed by atoms with Crippen LogP contribution in [0.3, 0.4) is 0 Å². The molecule has 16 heavy (non-hydrogen) atoms. The first kappa shape index (κ1) is 15.4. The molecule has 0 fully saturated rings. The van der Waals surface area contributed by atoms with Crippen LogP contribution in [0, 0.1) is 5.41 Å². The van der Waals surface area contributed by atoms with E-state index in [0.29, 0.717) is 19.6 Å². The lowest BCUT2D eigenvalue weighted by atomic mass is 9.85. The SMILES string of the molecule is CCNC(=O)CN(CC)C(CN)C(C)(C)C. The van der Waals surface area contributed by atoms with Gasteiger partial charge in [-0.1, -0.05) is 27.7 Å². The third-order valence-electron chi connectivity index (χ3n) is 2.79. The van der Waals surface area contributed by atoms with E-state index in [0.717, 1.165) is 6.54 Å². The summed E-state index contributed by atoms with van der Waals surface area (Å²) in [6, 6.07) is 0.236. The number of rotatable bonds is 6. The molecule has 1 unspecified atom stereocenters. The van der Waals surface area contributed by atoms with Crippen molar-refractivity contribution in [3.63, 3.8) is 0 Å². The maximum absolute atomic E-state index is 11.6. The lowest BCUT2D eigenvalue weighted by Crippen LogP contribution is -2.51.